The van der Waals surface area contributed by atoms with E-state index >= 15 is 0 Å². The van der Waals surface area contributed by atoms with Gasteiger partial charge < -0.3 is 14.0 Å². The summed E-state index contributed by atoms with van der Waals surface area (Å²) >= 11 is 0. The second kappa shape index (κ2) is 6.34. The summed E-state index contributed by atoms with van der Waals surface area (Å²) in [5, 5.41) is 10.1. The van der Waals surface area contributed by atoms with E-state index in [4.69, 9.17) is 9.47 Å². The third-order valence-electron chi connectivity index (χ3n) is 5.34. The van der Waals surface area contributed by atoms with Crippen LogP contribution in [0.1, 0.15) is 5.56 Å². The molecule has 0 atom stereocenters. The molecule has 5 nitrogen and oxygen atoms in total. The molecule has 0 bridgehead atoms. The van der Waals surface area contributed by atoms with E-state index < -0.39 is 0 Å². The lowest BCUT2D eigenvalue weighted by atomic mass is 10.0. The van der Waals surface area contributed by atoms with Gasteiger partial charge in [0.25, 0.3) is 0 Å². The van der Waals surface area contributed by atoms with Crippen LogP contribution >= 0.6 is 0 Å². The third-order valence-corrected chi connectivity index (χ3v) is 5.34. The fourth-order valence-electron chi connectivity index (χ4n) is 3.95. The number of aromatic nitrogens is 3. The molecule has 6 rings (SSSR count). The van der Waals surface area contributed by atoms with E-state index in [0.29, 0.717) is 0 Å². The van der Waals surface area contributed by atoms with Gasteiger partial charge in [-0.2, -0.15) is 0 Å². The minimum absolute atomic E-state index is 0.245. The highest BCUT2D eigenvalue weighted by molar-refractivity contribution is 5.99. The highest BCUT2D eigenvalue weighted by Gasteiger charge is 2.23. The Bertz CT molecular complexity index is 1300. The molecule has 140 valence electrons. The number of hydrogen-bond donors (Lipinski definition) is 0. The smallest absolute Gasteiger partial charge is 0.231 e. The monoisotopic (exact) mass is 379 g/mol. The minimum atomic E-state index is 0.245. The van der Waals surface area contributed by atoms with Crippen LogP contribution in [0.5, 0.6) is 11.5 Å². The van der Waals surface area contributed by atoms with Crippen molar-refractivity contribution in [2.75, 3.05) is 6.79 Å². The number of rotatable bonds is 3. The molecular formula is C24H17N3O2. The van der Waals surface area contributed by atoms with Crippen LogP contribution in [0.4, 0.5) is 0 Å². The molecule has 3 heterocycles. The lowest BCUT2D eigenvalue weighted by Gasteiger charge is -2.16. The number of fused-ring (bicyclic) bond motifs is 4. The van der Waals surface area contributed by atoms with Gasteiger partial charge in [-0.15, -0.1) is 10.2 Å². The van der Waals surface area contributed by atoms with Crippen LogP contribution in [0, 0.1) is 0 Å². The average molecular weight is 379 g/mol. The zero-order chi connectivity index (χ0) is 19.2. The molecule has 29 heavy (non-hydrogen) atoms. The summed E-state index contributed by atoms with van der Waals surface area (Å²) in [6.07, 6.45) is 2.15. The summed E-state index contributed by atoms with van der Waals surface area (Å²) in [6.45, 7) is 0.988. The first-order chi connectivity index (χ1) is 14.4. The van der Waals surface area contributed by atoms with Crippen molar-refractivity contribution in [3.05, 3.63) is 84.6 Å². The van der Waals surface area contributed by atoms with Gasteiger partial charge in [0.15, 0.2) is 11.5 Å². The predicted molar refractivity (Wildman–Crippen MR) is 111 cm³/mol. The maximum atomic E-state index is 5.63. The molecule has 0 N–H and O–H groups in total. The van der Waals surface area contributed by atoms with Crippen molar-refractivity contribution in [2.45, 2.75) is 6.54 Å². The molecule has 0 aromatic heterocycles. The standard InChI is InChI=1S/C24H17N3O2/c1-3-7-16(8-4-1)13-27-14-19-23(17-9-5-2-6-10-17)25-26-24(19)18-11-21-22(12-20(18)27)29-15-28-21/h1-12,14H,13,15H2. The van der Waals surface area contributed by atoms with E-state index in [1.807, 2.05) is 36.4 Å². The fraction of sp³-hybridized carbons (Fsp3) is 0.0833. The molecule has 3 aromatic carbocycles. The minimum Gasteiger partial charge on any atom is -0.454 e. The lowest BCUT2D eigenvalue weighted by Crippen LogP contribution is -2.04. The molecule has 0 aliphatic carbocycles. The molecule has 3 aliphatic heterocycles. The Labute approximate surface area is 167 Å². The maximum Gasteiger partial charge on any atom is 0.231 e. The van der Waals surface area contributed by atoms with Crippen molar-refractivity contribution in [1.82, 2.24) is 14.8 Å². The SMILES string of the molecule is c1ccc(Cn2cc3c(-c4ccccc4)nnc-3c3cc4c(cc32)OCO4)cc1. The van der Waals surface area contributed by atoms with E-state index in [2.05, 4.69) is 57.4 Å². The Morgan fingerprint density at radius 3 is 2.28 bits per heavy atom. The number of benzene rings is 3. The molecule has 0 saturated carbocycles. The van der Waals surface area contributed by atoms with Gasteiger partial charge in [0.2, 0.25) is 6.79 Å². The van der Waals surface area contributed by atoms with Crippen molar-refractivity contribution in [2.24, 2.45) is 0 Å². The third kappa shape index (κ3) is 2.63. The second-order valence-electron chi connectivity index (χ2n) is 7.14. The van der Waals surface area contributed by atoms with Gasteiger partial charge in [-0.25, -0.2) is 0 Å². The summed E-state index contributed by atoms with van der Waals surface area (Å²) in [4.78, 5) is 0. The van der Waals surface area contributed by atoms with Crippen molar-refractivity contribution in [3.63, 3.8) is 0 Å². The van der Waals surface area contributed by atoms with Crippen molar-refractivity contribution in [1.29, 1.82) is 0 Å². The van der Waals surface area contributed by atoms with Crippen molar-refractivity contribution in [3.8, 4) is 34.0 Å². The Hall–Kier alpha value is -3.86. The van der Waals surface area contributed by atoms with Crippen LogP contribution in [0.25, 0.3) is 33.4 Å². The van der Waals surface area contributed by atoms with Gasteiger partial charge in [0, 0.05) is 35.3 Å². The Balaban J connectivity index is 1.62. The molecule has 0 amide bonds. The largest absolute Gasteiger partial charge is 0.454 e. The highest BCUT2D eigenvalue weighted by atomic mass is 16.7. The van der Waals surface area contributed by atoms with E-state index in [1.54, 1.807) is 0 Å². The number of hydrogen-bond acceptors (Lipinski definition) is 4. The fourth-order valence-corrected chi connectivity index (χ4v) is 3.95. The van der Waals surface area contributed by atoms with Crippen molar-refractivity contribution < 1.29 is 9.47 Å². The predicted octanol–water partition coefficient (Wildman–Crippen LogP) is 4.98. The number of ether oxygens (including phenoxy) is 2. The van der Waals surface area contributed by atoms with Gasteiger partial charge in [-0.05, 0) is 11.6 Å². The van der Waals surface area contributed by atoms with Gasteiger partial charge in [-0.3, -0.25) is 0 Å². The molecule has 3 aromatic rings. The normalized spacial score (nSPS) is 12.7. The zero-order valence-corrected chi connectivity index (χ0v) is 15.6. The summed E-state index contributed by atoms with van der Waals surface area (Å²) < 4.78 is 13.5. The lowest BCUT2D eigenvalue weighted by molar-refractivity contribution is 0.174. The van der Waals surface area contributed by atoms with Crippen LogP contribution in [0.15, 0.2) is 79.0 Å². The summed E-state index contributed by atoms with van der Waals surface area (Å²) in [5.41, 5.74) is 6.12. The summed E-state index contributed by atoms with van der Waals surface area (Å²) in [7, 11) is 0. The van der Waals surface area contributed by atoms with Crippen molar-refractivity contribution >= 4 is 10.9 Å². The first kappa shape index (κ1) is 16.1. The van der Waals surface area contributed by atoms with Crippen LogP contribution in [-0.2, 0) is 6.54 Å². The maximum absolute atomic E-state index is 5.63. The summed E-state index contributed by atoms with van der Waals surface area (Å²) in [5.74, 6) is 1.52. The topological polar surface area (TPSA) is 49.2 Å². The van der Waals surface area contributed by atoms with E-state index in [-0.39, 0.29) is 6.79 Å². The first-order valence-corrected chi connectivity index (χ1v) is 9.55. The van der Waals surface area contributed by atoms with Gasteiger partial charge in [0.05, 0.1) is 5.52 Å². The zero-order valence-electron chi connectivity index (χ0n) is 15.6. The van der Waals surface area contributed by atoms with Crippen LogP contribution < -0.4 is 9.47 Å². The molecule has 0 saturated heterocycles. The highest BCUT2D eigenvalue weighted by Crippen LogP contribution is 2.42. The van der Waals surface area contributed by atoms with Gasteiger partial charge >= 0.3 is 0 Å². The van der Waals surface area contributed by atoms with Crippen LogP contribution in [-0.4, -0.2) is 21.6 Å². The second-order valence-corrected chi connectivity index (χ2v) is 7.14. The molecule has 0 radical (unpaired) electrons. The Morgan fingerprint density at radius 1 is 0.793 bits per heavy atom. The molecule has 0 unspecified atom stereocenters. The molecule has 3 aliphatic rings. The Morgan fingerprint density at radius 2 is 1.48 bits per heavy atom. The molecular weight excluding hydrogens is 362 g/mol. The average Bonchev–Trinajstić information content (AvgIpc) is 3.40. The molecule has 0 spiro atoms. The van der Waals surface area contributed by atoms with Crippen LogP contribution in [0.3, 0.4) is 0 Å². The first-order valence-electron chi connectivity index (χ1n) is 9.55. The molecule has 5 heteroatoms. The number of pyridine rings is 1. The quantitative estimate of drug-likeness (QED) is 0.444. The van der Waals surface area contributed by atoms with E-state index in [9.17, 15) is 0 Å². The molecule has 0 fully saturated rings. The summed E-state index contributed by atoms with van der Waals surface area (Å²) in [6, 6.07) is 24.7. The van der Waals surface area contributed by atoms with Gasteiger partial charge in [0.1, 0.15) is 11.4 Å². The van der Waals surface area contributed by atoms with Gasteiger partial charge in [-0.1, -0.05) is 60.7 Å². The number of nitrogens with zero attached hydrogens (tertiary/aromatic N) is 3. The van der Waals surface area contributed by atoms with E-state index in [0.717, 1.165) is 51.5 Å². The van der Waals surface area contributed by atoms with Crippen LogP contribution in [0.2, 0.25) is 0 Å². The Kier molecular flexibility index (Phi) is 3.53. The van der Waals surface area contributed by atoms with E-state index in [1.165, 1.54) is 5.56 Å².